The van der Waals surface area contributed by atoms with Gasteiger partial charge < -0.3 is 13.7 Å². The molecule has 0 N–H and O–H groups in total. The van der Waals surface area contributed by atoms with Gasteiger partial charge in [-0.2, -0.15) is 5.10 Å². The molecule has 0 radical (unpaired) electrons. The molecule has 0 aromatic carbocycles. The molecule has 0 unspecified atom stereocenters. The lowest BCUT2D eigenvalue weighted by Gasteiger charge is -2.22. The van der Waals surface area contributed by atoms with Crippen LogP contribution in [-0.2, 0) is 24.9 Å². The molecule has 0 amide bonds. The fourth-order valence-corrected chi connectivity index (χ4v) is 3.76. The predicted octanol–water partition coefficient (Wildman–Crippen LogP) is 2.05. The molecule has 8 nitrogen and oxygen atoms in total. The van der Waals surface area contributed by atoms with Crippen LogP contribution in [0.5, 0.6) is 0 Å². The van der Waals surface area contributed by atoms with Gasteiger partial charge in [-0.1, -0.05) is 0 Å². The number of hydrogen-bond donors (Lipinski definition) is 0. The van der Waals surface area contributed by atoms with Crippen LogP contribution >= 0.6 is 11.8 Å². The molecule has 0 bridgehead atoms. The maximum Gasteiger partial charge on any atom is 0.198 e. The zero-order chi connectivity index (χ0) is 17.8. The topological polar surface area (TPSA) is 74.1 Å². The summed E-state index contributed by atoms with van der Waals surface area (Å²) >= 11 is 1.48. The van der Waals surface area contributed by atoms with Gasteiger partial charge in [0.2, 0.25) is 0 Å². The van der Waals surface area contributed by atoms with Gasteiger partial charge in [-0.25, -0.2) is 0 Å². The summed E-state index contributed by atoms with van der Waals surface area (Å²) in [5, 5.41) is 13.9. The Balaban J connectivity index is 1.36. The van der Waals surface area contributed by atoms with Gasteiger partial charge in [0.15, 0.2) is 10.2 Å². The van der Waals surface area contributed by atoms with Crippen molar-refractivity contribution in [2.75, 3.05) is 19.7 Å². The van der Waals surface area contributed by atoms with Crippen molar-refractivity contribution in [2.24, 2.45) is 7.05 Å². The van der Waals surface area contributed by atoms with Crippen molar-refractivity contribution in [3.05, 3.63) is 42.7 Å². The van der Waals surface area contributed by atoms with E-state index in [0.717, 1.165) is 55.2 Å². The molecular weight excluding hydrogens is 352 g/mol. The van der Waals surface area contributed by atoms with E-state index in [2.05, 4.69) is 20.2 Å². The molecule has 4 heterocycles. The highest BCUT2D eigenvalue weighted by Gasteiger charge is 2.20. The Morgan fingerprint density at radius 3 is 3.12 bits per heavy atom. The van der Waals surface area contributed by atoms with Crippen LogP contribution in [0.4, 0.5) is 0 Å². The molecule has 0 spiro atoms. The fraction of sp³-hybridized carbons (Fsp3) is 0.471. The first-order valence-corrected chi connectivity index (χ1v) is 9.50. The molecule has 138 valence electrons. The van der Waals surface area contributed by atoms with Crippen molar-refractivity contribution in [1.29, 1.82) is 0 Å². The van der Waals surface area contributed by atoms with Crippen LogP contribution < -0.4 is 0 Å². The van der Waals surface area contributed by atoms with E-state index < -0.39 is 0 Å². The number of aryl methyl sites for hydroxylation is 1. The molecule has 26 heavy (non-hydrogen) atoms. The van der Waals surface area contributed by atoms with E-state index in [1.165, 1.54) is 11.8 Å². The first-order chi connectivity index (χ1) is 12.8. The molecule has 3 aromatic heterocycles. The largest absolute Gasteiger partial charge is 0.453 e. The summed E-state index contributed by atoms with van der Waals surface area (Å²) in [4.78, 5) is 2.39. The normalized spacial score (nSPS) is 18.9. The summed E-state index contributed by atoms with van der Waals surface area (Å²) in [6, 6.07) is 5.96. The van der Waals surface area contributed by atoms with Crippen LogP contribution in [0.3, 0.4) is 0 Å². The molecule has 1 atom stereocenters. The predicted molar refractivity (Wildman–Crippen MR) is 95.7 cm³/mol. The zero-order valence-electron chi connectivity index (χ0n) is 14.7. The van der Waals surface area contributed by atoms with Crippen molar-refractivity contribution in [2.45, 2.75) is 35.9 Å². The van der Waals surface area contributed by atoms with Crippen molar-refractivity contribution < 1.29 is 9.15 Å². The van der Waals surface area contributed by atoms with Crippen LogP contribution in [0.1, 0.15) is 12.2 Å². The van der Waals surface area contributed by atoms with Crippen LogP contribution in [-0.4, -0.2) is 55.2 Å². The van der Waals surface area contributed by atoms with Crippen LogP contribution in [0.15, 0.2) is 51.6 Å². The average Bonchev–Trinajstić information content (AvgIpc) is 3.33. The number of nitrogens with zero attached hydrogens (tertiary/aromatic N) is 6. The third-order valence-electron chi connectivity index (χ3n) is 4.26. The Bertz CT molecular complexity index is 815. The zero-order valence-corrected chi connectivity index (χ0v) is 15.5. The molecule has 4 rings (SSSR count). The lowest BCUT2D eigenvalue weighted by atomic mass is 10.3. The number of ether oxygens (including phenoxy) is 1. The van der Waals surface area contributed by atoms with E-state index >= 15 is 0 Å². The second-order valence-corrected chi connectivity index (χ2v) is 7.33. The smallest absolute Gasteiger partial charge is 0.198 e. The van der Waals surface area contributed by atoms with Crippen molar-refractivity contribution in [3.8, 4) is 0 Å². The molecule has 1 saturated heterocycles. The maximum absolute atomic E-state index is 5.98. The monoisotopic (exact) mass is 374 g/mol. The minimum atomic E-state index is 0.139. The maximum atomic E-state index is 5.98. The van der Waals surface area contributed by atoms with Crippen molar-refractivity contribution in [1.82, 2.24) is 29.4 Å². The Kier molecular flexibility index (Phi) is 5.37. The lowest BCUT2D eigenvalue weighted by molar-refractivity contribution is 0.0382. The van der Waals surface area contributed by atoms with Crippen LogP contribution in [0.2, 0.25) is 0 Å². The average molecular weight is 374 g/mol. The van der Waals surface area contributed by atoms with E-state index in [-0.39, 0.29) is 6.10 Å². The lowest BCUT2D eigenvalue weighted by Crippen LogP contribution is -2.34. The third kappa shape index (κ3) is 4.35. The first kappa shape index (κ1) is 17.3. The van der Waals surface area contributed by atoms with Gasteiger partial charge in [0.05, 0.1) is 19.2 Å². The van der Waals surface area contributed by atoms with E-state index in [4.69, 9.17) is 9.15 Å². The molecule has 3 aromatic rings. The highest BCUT2D eigenvalue weighted by Crippen LogP contribution is 2.27. The Morgan fingerprint density at radius 1 is 1.35 bits per heavy atom. The molecule has 9 heteroatoms. The summed E-state index contributed by atoms with van der Waals surface area (Å²) in [7, 11) is 1.92. The molecule has 1 fully saturated rings. The van der Waals surface area contributed by atoms with E-state index in [9.17, 15) is 0 Å². The van der Waals surface area contributed by atoms with Crippen LogP contribution in [0, 0.1) is 0 Å². The van der Waals surface area contributed by atoms with Gasteiger partial charge >= 0.3 is 0 Å². The minimum absolute atomic E-state index is 0.139. The number of aromatic nitrogens is 5. The molecular formula is C17H22N6O2S. The van der Waals surface area contributed by atoms with E-state index in [0.29, 0.717) is 0 Å². The Morgan fingerprint density at radius 2 is 2.31 bits per heavy atom. The molecule has 1 aliphatic heterocycles. The molecule has 0 saturated carbocycles. The van der Waals surface area contributed by atoms with Crippen LogP contribution in [0.25, 0.3) is 0 Å². The highest BCUT2D eigenvalue weighted by atomic mass is 32.2. The third-order valence-corrected chi connectivity index (χ3v) is 5.23. The van der Waals surface area contributed by atoms with Gasteiger partial charge in [0.1, 0.15) is 12.1 Å². The van der Waals surface area contributed by atoms with Gasteiger partial charge in [0, 0.05) is 39.1 Å². The van der Waals surface area contributed by atoms with E-state index in [1.807, 2.05) is 40.7 Å². The van der Waals surface area contributed by atoms with Gasteiger partial charge in [0.25, 0.3) is 0 Å². The summed E-state index contributed by atoms with van der Waals surface area (Å²) in [6.45, 7) is 4.20. The van der Waals surface area contributed by atoms with E-state index in [1.54, 1.807) is 12.5 Å². The minimum Gasteiger partial charge on any atom is -0.453 e. The summed E-state index contributed by atoms with van der Waals surface area (Å²) in [5.74, 6) is 0.953. The standard InChI is InChI=1S/C17H22N6O2S/c1-21-13-18-20-17(21)26-16-5-4-14(25-16)10-22-7-3-9-24-15(11-22)12-23-8-2-6-19-23/h2,4-6,8,13,15H,3,7,9-12H2,1H3/t15-/m0/s1. The number of furan rings is 1. The Hall–Kier alpha value is -2.10. The summed E-state index contributed by atoms with van der Waals surface area (Å²) in [5.41, 5.74) is 0. The molecule has 1 aliphatic rings. The highest BCUT2D eigenvalue weighted by molar-refractivity contribution is 7.99. The van der Waals surface area contributed by atoms with Gasteiger partial charge in [-0.3, -0.25) is 9.58 Å². The Labute approximate surface area is 156 Å². The summed E-state index contributed by atoms with van der Waals surface area (Å²) in [6.07, 6.45) is 6.62. The quantitative estimate of drug-likeness (QED) is 0.654. The SMILES string of the molecule is Cn1cnnc1Sc1ccc(CN2CCCO[C@H](Cn3cccn3)C2)o1. The van der Waals surface area contributed by atoms with Crippen molar-refractivity contribution >= 4 is 11.8 Å². The number of rotatable bonds is 6. The number of hydrogen-bond acceptors (Lipinski definition) is 7. The van der Waals surface area contributed by atoms with Gasteiger partial charge in [-0.05, 0) is 36.4 Å². The second-order valence-electron chi connectivity index (χ2n) is 6.36. The molecule has 0 aliphatic carbocycles. The second kappa shape index (κ2) is 8.07. The van der Waals surface area contributed by atoms with Gasteiger partial charge in [-0.15, -0.1) is 10.2 Å². The first-order valence-electron chi connectivity index (χ1n) is 8.68. The summed E-state index contributed by atoms with van der Waals surface area (Å²) < 4.78 is 15.8. The van der Waals surface area contributed by atoms with Crippen molar-refractivity contribution in [3.63, 3.8) is 0 Å². The fourth-order valence-electron chi connectivity index (χ4n) is 3.01.